The summed E-state index contributed by atoms with van der Waals surface area (Å²) in [6.45, 7) is 5.46. The molecule has 0 aliphatic heterocycles. The molecule has 0 amide bonds. The van der Waals surface area contributed by atoms with Crippen LogP contribution < -0.4 is 5.32 Å². The highest BCUT2D eigenvalue weighted by atomic mass is 14.9. The number of nitrogens with one attached hydrogen (secondary N) is 1. The van der Waals surface area contributed by atoms with Crippen molar-refractivity contribution in [3.8, 4) is 12.3 Å². The van der Waals surface area contributed by atoms with E-state index in [0.717, 1.165) is 13.0 Å². The standard InChI is InChI=1S/C12H23N/c1-4-7-10-12(9-6-3)13-11-8-5-2/h2,12-13H,4,6-11H2,1,3H3. The van der Waals surface area contributed by atoms with Crippen molar-refractivity contribution in [1.82, 2.24) is 5.32 Å². The summed E-state index contributed by atoms with van der Waals surface area (Å²) in [5, 5.41) is 3.51. The summed E-state index contributed by atoms with van der Waals surface area (Å²) >= 11 is 0. The van der Waals surface area contributed by atoms with Crippen LogP contribution in [-0.4, -0.2) is 12.6 Å². The zero-order valence-electron chi connectivity index (χ0n) is 9.10. The predicted octanol–water partition coefficient (Wildman–Crippen LogP) is 2.96. The van der Waals surface area contributed by atoms with Crippen molar-refractivity contribution < 1.29 is 0 Å². The zero-order valence-corrected chi connectivity index (χ0v) is 9.10. The minimum atomic E-state index is 0.693. The fraction of sp³-hybridized carbons (Fsp3) is 0.833. The van der Waals surface area contributed by atoms with E-state index in [0.29, 0.717) is 6.04 Å². The lowest BCUT2D eigenvalue weighted by molar-refractivity contribution is 0.440. The molecule has 1 N–H and O–H groups in total. The van der Waals surface area contributed by atoms with Crippen LogP contribution in [0.4, 0.5) is 0 Å². The molecule has 0 aromatic carbocycles. The topological polar surface area (TPSA) is 12.0 Å². The van der Waals surface area contributed by atoms with Gasteiger partial charge in [0.1, 0.15) is 0 Å². The first-order valence-electron chi connectivity index (χ1n) is 5.52. The molecule has 0 aliphatic rings. The Morgan fingerprint density at radius 2 is 2.00 bits per heavy atom. The van der Waals surface area contributed by atoms with Gasteiger partial charge in [-0.25, -0.2) is 0 Å². The summed E-state index contributed by atoms with van der Waals surface area (Å²) < 4.78 is 0. The molecule has 0 radical (unpaired) electrons. The largest absolute Gasteiger partial charge is 0.313 e. The van der Waals surface area contributed by atoms with E-state index >= 15 is 0 Å². The predicted molar refractivity (Wildman–Crippen MR) is 59.7 cm³/mol. The summed E-state index contributed by atoms with van der Waals surface area (Å²) in [5.41, 5.74) is 0. The molecule has 0 fully saturated rings. The summed E-state index contributed by atoms with van der Waals surface area (Å²) in [4.78, 5) is 0. The third-order valence-electron chi connectivity index (χ3n) is 2.25. The summed E-state index contributed by atoms with van der Waals surface area (Å²) in [5.74, 6) is 2.66. The second-order valence-electron chi connectivity index (χ2n) is 3.54. The quantitative estimate of drug-likeness (QED) is 0.448. The molecule has 0 heterocycles. The summed E-state index contributed by atoms with van der Waals surface area (Å²) in [7, 11) is 0. The Morgan fingerprint density at radius 3 is 2.54 bits per heavy atom. The molecular formula is C12H23N. The van der Waals surface area contributed by atoms with Gasteiger partial charge in [0.25, 0.3) is 0 Å². The lowest BCUT2D eigenvalue weighted by atomic mass is 10.1. The van der Waals surface area contributed by atoms with Gasteiger partial charge in [-0.05, 0) is 12.8 Å². The van der Waals surface area contributed by atoms with Crippen LogP contribution in [0.5, 0.6) is 0 Å². The highest BCUT2D eigenvalue weighted by Gasteiger charge is 2.04. The number of rotatable bonds is 8. The minimum absolute atomic E-state index is 0.693. The van der Waals surface area contributed by atoms with E-state index < -0.39 is 0 Å². The molecule has 1 unspecified atom stereocenters. The first-order valence-corrected chi connectivity index (χ1v) is 5.52. The monoisotopic (exact) mass is 181 g/mol. The Labute approximate surface area is 83.3 Å². The maximum Gasteiger partial charge on any atom is 0.0211 e. The Bertz CT molecular complexity index is 135. The van der Waals surface area contributed by atoms with Crippen molar-refractivity contribution in [3.05, 3.63) is 0 Å². The van der Waals surface area contributed by atoms with Crippen LogP contribution in [0.1, 0.15) is 52.4 Å². The molecule has 0 saturated carbocycles. The lowest BCUT2D eigenvalue weighted by Gasteiger charge is -2.16. The van der Waals surface area contributed by atoms with E-state index in [2.05, 4.69) is 25.1 Å². The normalized spacial score (nSPS) is 12.4. The Balaban J connectivity index is 3.48. The Morgan fingerprint density at radius 1 is 1.23 bits per heavy atom. The van der Waals surface area contributed by atoms with Gasteiger partial charge in [0.05, 0.1) is 0 Å². The van der Waals surface area contributed by atoms with Crippen molar-refractivity contribution in [2.24, 2.45) is 0 Å². The van der Waals surface area contributed by atoms with Gasteiger partial charge in [-0.1, -0.05) is 33.1 Å². The molecule has 1 nitrogen and oxygen atoms in total. The van der Waals surface area contributed by atoms with Crippen LogP contribution in [0.15, 0.2) is 0 Å². The second-order valence-corrected chi connectivity index (χ2v) is 3.54. The van der Waals surface area contributed by atoms with Crippen molar-refractivity contribution >= 4 is 0 Å². The maximum absolute atomic E-state index is 5.20. The molecule has 13 heavy (non-hydrogen) atoms. The molecule has 76 valence electrons. The number of terminal acetylenes is 1. The van der Waals surface area contributed by atoms with Crippen molar-refractivity contribution in [3.63, 3.8) is 0 Å². The molecule has 0 rings (SSSR count). The van der Waals surface area contributed by atoms with Gasteiger partial charge in [-0.2, -0.15) is 0 Å². The average Bonchev–Trinajstić information content (AvgIpc) is 2.14. The maximum atomic E-state index is 5.20. The van der Waals surface area contributed by atoms with Crippen LogP contribution in [0, 0.1) is 12.3 Å². The van der Waals surface area contributed by atoms with Crippen LogP contribution in [0.3, 0.4) is 0 Å². The molecular weight excluding hydrogens is 158 g/mol. The molecule has 0 saturated heterocycles. The van der Waals surface area contributed by atoms with Gasteiger partial charge < -0.3 is 5.32 Å². The summed E-state index contributed by atoms with van der Waals surface area (Å²) in [6, 6.07) is 0.693. The third kappa shape index (κ3) is 7.87. The fourth-order valence-corrected chi connectivity index (χ4v) is 1.50. The Hall–Kier alpha value is -0.480. The van der Waals surface area contributed by atoms with Crippen molar-refractivity contribution in [2.45, 2.75) is 58.4 Å². The van der Waals surface area contributed by atoms with Gasteiger partial charge in [0, 0.05) is 19.0 Å². The van der Waals surface area contributed by atoms with Gasteiger partial charge in [0.2, 0.25) is 0 Å². The van der Waals surface area contributed by atoms with E-state index in [4.69, 9.17) is 6.42 Å². The third-order valence-corrected chi connectivity index (χ3v) is 2.25. The second kappa shape index (κ2) is 9.61. The molecule has 1 atom stereocenters. The number of hydrogen-bond acceptors (Lipinski definition) is 1. The van der Waals surface area contributed by atoms with E-state index in [1.54, 1.807) is 0 Å². The van der Waals surface area contributed by atoms with E-state index in [-0.39, 0.29) is 0 Å². The first-order chi connectivity index (χ1) is 6.35. The SMILES string of the molecule is C#CCCNC(CCC)CCCC. The first kappa shape index (κ1) is 12.5. The smallest absolute Gasteiger partial charge is 0.0211 e. The van der Waals surface area contributed by atoms with Crippen LogP contribution in [-0.2, 0) is 0 Å². The van der Waals surface area contributed by atoms with Gasteiger partial charge >= 0.3 is 0 Å². The van der Waals surface area contributed by atoms with Crippen LogP contribution >= 0.6 is 0 Å². The van der Waals surface area contributed by atoms with Crippen LogP contribution in [0.2, 0.25) is 0 Å². The summed E-state index contributed by atoms with van der Waals surface area (Å²) in [6.07, 6.45) is 12.5. The molecule has 1 heteroatoms. The molecule has 0 bridgehead atoms. The van der Waals surface area contributed by atoms with Gasteiger partial charge in [0.15, 0.2) is 0 Å². The zero-order chi connectivity index (χ0) is 9.94. The Kier molecular flexibility index (Phi) is 9.25. The van der Waals surface area contributed by atoms with Gasteiger partial charge in [-0.3, -0.25) is 0 Å². The van der Waals surface area contributed by atoms with E-state index in [1.807, 2.05) is 0 Å². The highest BCUT2D eigenvalue weighted by Crippen LogP contribution is 2.06. The number of unbranched alkanes of at least 4 members (excludes halogenated alkanes) is 1. The lowest BCUT2D eigenvalue weighted by Crippen LogP contribution is -2.29. The van der Waals surface area contributed by atoms with E-state index in [1.165, 1.54) is 32.1 Å². The van der Waals surface area contributed by atoms with E-state index in [9.17, 15) is 0 Å². The minimum Gasteiger partial charge on any atom is -0.313 e. The molecule has 0 aromatic heterocycles. The molecule has 0 aliphatic carbocycles. The fourth-order valence-electron chi connectivity index (χ4n) is 1.50. The number of hydrogen-bond donors (Lipinski definition) is 1. The van der Waals surface area contributed by atoms with Crippen LogP contribution in [0.25, 0.3) is 0 Å². The van der Waals surface area contributed by atoms with Crippen molar-refractivity contribution in [2.75, 3.05) is 6.54 Å². The molecule has 0 spiro atoms. The highest BCUT2D eigenvalue weighted by molar-refractivity contribution is 4.84. The van der Waals surface area contributed by atoms with Crippen molar-refractivity contribution in [1.29, 1.82) is 0 Å². The van der Waals surface area contributed by atoms with Gasteiger partial charge in [-0.15, -0.1) is 12.3 Å². The molecule has 0 aromatic rings. The average molecular weight is 181 g/mol.